The Hall–Kier alpha value is 1.26. The number of hydrogen-bond donors (Lipinski definition) is 0. The third-order valence-corrected chi connectivity index (χ3v) is 0. The van der Waals surface area contributed by atoms with Crippen molar-refractivity contribution in [1.82, 2.24) is 0 Å². The van der Waals surface area contributed by atoms with Crippen LogP contribution in [0.3, 0.4) is 0 Å². The van der Waals surface area contributed by atoms with E-state index in [4.69, 9.17) is 0 Å². The SMILES string of the molecule is C.CC.CC.CC(C)(C)C.CC(C)(C)C.[3HH].[Ar]. The van der Waals surface area contributed by atoms with Gasteiger partial charge in [-0.25, -0.2) is 0 Å². The van der Waals surface area contributed by atoms with Gasteiger partial charge in [0.1, 0.15) is 0 Å². The molecule has 0 aliphatic heterocycles. The average molecular weight is 264 g/mol. The van der Waals surface area contributed by atoms with Gasteiger partial charge < -0.3 is 0 Å². The van der Waals surface area contributed by atoms with E-state index >= 15 is 0 Å². The van der Waals surface area contributed by atoms with Crippen molar-refractivity contribution >= 4 is 0 Å². The van der Waals surface area contributed by atoms with E-state index in [1.807, 2.05) is 27.7 Å². The van der Waals surface area contributed by atoms with E-state index in [1.54, 1.807) is 0 Å². The summed E-state index contributed by atoms with van der Waals surface area (Å²) in [5.74, 6) is 0. The van der Waals surface area contributed by atoms with E-state index in [0.29, 0.717) is 10.8 Å². The summed E-state index contributed by atoms with van der Waals surface area (Å²) >= 11 is 0. The molecule has 0 bridgehead atoms. The fourth-order valence-corrected chi connectivity index (χ4v) is 0. The molecule has 0 saturated heterocycles. The summed E-state index contributed by atoms with van der Waals surface area (Å²) < 4.78 is 0. The molecule has 0 heterocycles. The smallest absolute Gasteiger partial charge is 0 e. The average Bonchev–Trinajstić information content (AvgIpc) is 1.88. The van der Waals surface area contributed by atoms with Crippen LogP contribution < -0.4 is 0 Å². The van der Waals surface area contributed by atoms with Crippen LogP contribution in [-0.2, 0) is 0 Å². The van der Waals surface area contributed by atoms with Crippen molar-refractivity contribution in [2.24, 2.45) is 10.8 Å². The van der Waals surface area contributed by atoms with Crippen molar-refractivity contribution in [3.05, 3.63) is 0 Å². The van der Waals surface area contributed by atoms with Crippen molar-refractivity contribution < 1.29 is 39.2 Å². The zero-order valence-corrected chi connectivity index (χ0v) is 14.1. The molecule has 0 atom stereocenters. The van der Waals surface area contributed by atoms with Gasteiger partial charge in [0.25, 0.3) is 0 Å². The molecule has 0 aliphatic carbocycles. The minimum atomic E-state index is 0. The van der Waals surface area contributed by atoms with Crippen LogP contribution in [0.5, 0.6) is 0 Å². The van der Waals surface area contributed by atoms with Crippen molar-refractivity contribution in [3.63, 3.8) is 0 Å². The predicted molar refractivity (Wildman–Crippen MR) is 81.8 cm³/mol. The van der Waals surface area contributed by atoms with Crippen molar-refractivity contribution in [2.45, 2.75) is 90.5 Å². The molecule has 0 amide bonds. The molecule has 0 saturated carbocycles. The van der Waals surface area contributed by atoms with E-state index in [-0.39, 0.29) is 46.6 Å². The van der Waals surface area contributed by atoms with Crippen molar-refractivity contribution in [3.8, 4) is 0 Å². The Morgan fingerprint density at radius 2 is 0.500 bits per heavy atom. The molecule has 0 nitrogen and oxygen atoms in total. The quantitative estimate of drug-likeness (QED) is 0.440. The summed E-state index contributed by atoms with van der Waals surface area (Å²) in [6, 6.07) is 0. The molecule has 110 valence electrons. The van der Waals surface area contributed by atoms with Gasteiger partial charge in [0, 0.05) is 39.2 Å². The zero-order valence-electron chi connectivity index (χ0n) is 13.4. The number of rotatable bonds is 0. The fraction of sp³-hybridized carbons (Fsp3) is 1.00. The first-order valence-electron chi connectivity index (χ1n) is 6.00. The molecule has 0 aromatic heterocycles. The Kier molecular flexibility index (Phi) is 48.4. The summed E-state index contributed by atoms with van der Waals surface area (Å²) in [4.78, 5) is 0. The van der Waals surface area contributed by atoms with Gasteiger partial charge in [-0.15, -0.1) is 0 Å². The second-order valence-corrected chi connectivity index (χ2v) is 6.00. The maximum atomic E-state index is 2.19. The maximum absolute atomic E-state index is 2.19. The first-order chi connectivity index (χ1) is 6.00. The minimum absolute atomic E-state index is 0. The molecule has 0 aliphatic rings. The van der Waals surface area contributed by atoms with Gasteiger partial charge in [0.15, 0.2) is 0 Å². The third-order valence-electron chi connectivity index (χ3n) is 0. The molecule has 0 rings (SSSR count). The molecular weight excluding hydrogens is 220 g/mol. The number of hydrogen-bond acceptors (Lipinski definition) is 0. The van der Waals surface area contributed by atoms with Gasteiger partial charge in [-0.2, -0.15) is 0 Å². The maximum Gasteiger partial charge on any atom is 0 e. The van der Waals surface area contributed by atoms with Gasteiger partial charge in [0.2, 0.25) is 0 Å². The van der Waals surface area contributed by atoms with Gasteiger partial charge >= 0.3 is 0 Å². The molecule has 0 radical (unpaired) electrons. The van der Waals surface area contributed by atoms with E-state index in [9.17, 15) is 0 Å². The Bertz CT molecular complexity index is 53.9. The van der Waals surface area contributed by atoms with Gasteiger partial charge in [0.05, 0.1) is 0 Å². The summed E-state index contributed by atoms with van der Waals surface area (Å²) in [7, 11) is 0. The van der Waals surface area contributed by atoms with Crippen LogP contribution in [0.2, 0.25) is 0 Å². The Balaban J connectivity index is -0.0000000160. The van der Waals surface area contributed by atoms with Crippen LogP contribution in [-0.4, -0.2) is 0 Å². The van der Waals surface area contributed by atoms with Gasteiger partial charge in [-0.3, -0.25) is 0 Å². The third kappa shape index (κ3) is 1960. The van der Waals surface area contributed by atoms with Crippen molar-refractivity contribution in [2.75, 3.05) is 0 Å². The van der Waals surface area contributed by atoms with Crippen LogP contribution >= 0.6 is 0 Å². The largest absolute Gasteiger partial charge is 0.0776 e. The van der Waals surface area contributed by atoms with E-state index in [0.717, 1.165) is 0 Å². The Morgan fingerprint density at radius 3 is 0.500 bits per heavy atom. The monoisotopic (exact) mass is 264 g/mol. The van der Waals surface area contributed by atoms with Crippen LogP contribution in [0.25, 0.3) is 0 Å². The topological polar surface area (TPSA) is 0 Å². The summed E-state index contributed by atoms with van der Waals surface area (Å²) in [6.45, 7) is 25.5. The van der Waals surface area contributed by atoms with Crippen LogP contribution in [0.4, 0.5) is 0 Å². The summed E-state index contributed by atoms with van der Waals surface area (Å²) in [6.07, 6.45) is 0. The second-order valence-electron chi connectivity index (χ2n) is 6.00. The fourth-order valence-electron chi connectivity index (χ4n) is 0. The van der Waals surface area contributed by atoms with Crippen LogP contribution in [0.15, 0.2) is 0 Å². The van der Waals surface area contributed by atoms with Crippen LogP contribution in [0.1, 0.15) is 91.9 Å². The molecule has 1 heteroatoms. The molecule has 0 aromatic rings. The first kappa shape index (κ1) is 36.0. The standard InChI is InChI=1S/2C5H12.2C2H6.CH4.Ar.H2/c2*1-5(2,3)4;2*1-2;;;/h2*1-4H3;2*1-2H3;1H4;;1H/i;;;;;;1+2. The first-order valence-corrected chi connectivity index (χ1v) is 6.00. The minimum Gasteiger partial charge on any atom is -0.0776 e. The molecular formula is C15H42Ar. The van der Waals surface area contributed by atoms with Gasteiger partial charge in [-0.05, 0) is 10.8 Å². The Labute approximate surface area is 139 Å². The second kappa shape index (κ2) is 21.5. The van der Waals surface area contributed by atoms with E-state index in [2.05, 4.69) is 55.4 Å². The van der Waals surface area contributed by atoms with Crippen LogP contribution in [0, 0.1) is 48.6 Å². The Morgan fingerprint density at radius 1 is 0.500 bits per heavy atom. The molecule has 0 aromatic carbocycles. The molecule has 0 fully saturated rings. The van der Waals surface area contributed by atoms with E-state index in [1.165, 1.54) is 0 Å². The van der Waals surface area contributed by atoms with Gasteiger partial charge in [-0.1, -0.05) is 90.5 Å². The molecule has 16 heavy (non-hydrogen) atoms. The predicted octanol–water partition coefficient (Wildman–Crippen LogP) is 7.04. The zero-order chi connectivity index (χ0) is 13.0. The van der Waals surface area contributed by atoms with Crippen molar-refractivity contribution in [1.29, 1.82) is 0 Å². The summed E-state index contributed by atoms with van der Waals surface area (Å²) in [5, 5.41) is 0. The molecule has 0 spiro atoms. The van der Waals surface area contributed by atoms with E-state index < -0.39 is 0 Å². The normalized spacial score (nSPS) is 8.25. The molecule has 0 N–H and O–H groups in total. The summed E-state index contributed by atoms with van der Waals surface area (Å²) in [5.41, 5.74) is 1.00. The molecule has 0 unspecified atom stereocenters.